The van der Waals surface area contributed by atoms with Crippen molar-refractivity contribution in [3.8, 4) is 0 Å². The molecule has 0 unspecified atom stereocenters. The first kappa shape index (κ1) is 22.7. The number of rotatable bonds is 6. The molecule has 1 aromatic heterocycles. The van der Waals surface area contributed by atoms with Gasteiger partial charge in [0.15, 0.2) is 5.69 Å². The summed E-state index contributed by atoms with van der Waals surface area (Å²) < 4.78 is 13.2. The van der Waals surface area contributed by atoms with Crippen LogP contribution in [-0.4, -0.2) is 39.8 Å². The molecule has 0 radical (unpaired) electrons. The van der Waals surface area contributed by atoms with E-state index < -0.39 is 17.6 Å². The molecule has 0 aliphatic heterocycles. The van der Waals surface area contributed by atoms with Gasteiger partial charge in [-0.1, -0.05) is 11.6 Å². The zero-order valence-corrected chi connectivity index (χ0v) is 18.1. The van der Waals surface area contributed by atoms with Gasteiger partial charge in [-0.3, -0.25) is 14.4 Å². The van der Waals surface area contributed by atoms with E-state index >= 15 is 0 Å². The molecule has 31 heavy (non-hydrogen) atoms. The van der Waals surface area contributed by atoms with Crippen molar-refractivity contribution in [2.75, 3.05) is 5.32 Å². The van der Waals surface area contributed by atoms with Gasteiger partial charge in [0.25, 0.3) is 11.8 Å². The highest BCUT2D eigenvalue weighted by molar-refractivity contribution is 6.33. The Balaban J connectivity index is 1.52. The maximum absolute atomic E-state index is 13.2. The van der Waals surface area contributed by atoms with E-state index in [1.54, 1.807) is 0 Å². The fourth-order valence-corrected chi connectivity index (χ4v) is 3.77. The molecule has 3 amide bonds. The minimum absolute atomic E-state index is 0.0513. The zero-order chi connectivity index (χ0) is 22.5. The number of carbonyl (C=O) groups is 3. The van der Waals surface area contributed by atoms with Crippen molar-refractivity contribution < 1.29 is 18.8 Å². The number of aromatic nitrogens is 2. The van der Waals surface area contributed by atoms with Crippen LogP contribution in [0.5, 0.6) is 0 Å². The topological polar surface area (TPSA) is 116 Å². The third kappa shape index (κ3) is 5.81. The maximum Gasteiger partial charge on any atom is 0.272 e. The molecule has 1 heterocycles. The van der Waals surface area contributed by atoms with Crippen LogP contribution in [0.3, 0.4) is 0 Å². The van der Waals surface area contributed by atoms with Crippen molar-refractivity contribution in [3.63, 3.8) is 0 Å². The third-order valence-electron chi connectivity index (χ3n) is 5.12. The first-order valence-corrected chi connectivity index (χ1v) is 10.5. The number of imidazole rings is 1. The van der Waals surface area contributed by atoms with Crippen LogP contribution in [0.1, 0.15) is 60.5 Å². The molecule has 0 bridgehead atoms. The molecule has 1 aliphatic carbocycles. The van der Waals surface area contributed by atoms with Crippen LogP contribution in [0.4, 0.5) is 10.1 Å². The van der Waals surface area contributed by atoms with E-state index in [1.807, 2.05) is 13.8 Å². The van der Waals surface area contributed by atoms with Crippen molar-refractivity contribution in [1.29, 1.82) is 0 Å². The predicted octanol–water partition coefficient (Wildman–Crippen LogP) is 3.27. The minimum atomic E-state index is -0.471. The summed E-state index contributed by atoms with van der Waals surface area (Å²) in [5, 5.41) is 8.51. The molecule has 4 N–H and O–H groups in total. The summed E-state index contributed by atoms with van der Waals surface area (Å²) in [7, 11) is 0. The highest BCUT2D eigenvalue weighted by atomic mass is 35.5. The summed E-state index contributed by atoms with van der Waals surface area (Å²) >= 11 is 5.97. The highest BCUT2D eigenvalue weighted by Gasteiger charge is 2.29. The first-order chi connectivity index (χ1) is 14.7. The molecule has 2 aromatic rings. The number of nitrogens with zero attached hydrogens (tertiary/aromatic N) is 1. The van der Waals surface area contributed by atoms with E-state index in [2.05, 4.69) is 25.9 Å². The van der Waals surface area contributed by atoms with Gasteiger partial charge in [-0.25, -0.2) is 9.37 Å². The SMILES string of the molecule is CC(C)NC(=O)c1nc[nH]c1C(=O)NC1CCC(C(=O)Nc2ccc(F)cc2Cl)CC1. The largest absolute Gasteiger partial charge is 0.348 e. The lowest BCUT2D eigenvalue weighted by Crippen LogP contribution is -2.40. The number of aromatic amines is 1. The summed E-state index contributed by atoms with van der Waals surface area (Å²) in [6.45, 7) is 3.64. The fourth-order valence-electron chi connectivity index (χ4n) is 3.55. The predicted molar refractivity (Wildman–Crippen MR) is 114 cm³/mol. The quantitative estimate of drug-likeness (QED) is 0.541. The molecule has 166 valence electrons. The molecular weight excluding hydrogens is 425 g/mol. The maximum atomic E-state index is 13.2. The van der Waals surface area contributed by atoms with Gasteiger partial charge in [-0.05, 0) is 57.7 Å². The minimum Gasteiger partial charge on any atom is -0.348 e. The van der Waals surface area contributed by atoms with Crippen LogP contribution in [0.2, 0.25) is 5.02 Å². The van der Waals surface area contributed by atoms with Gasteiger partial charge in [-0.15, -0.1) is 0 Å². The van der Waals surface area contributed by atoms with Crippen molar-refractivity contribution in [2.45, 2.75) is 51.6 Å². The molecule has 3 rings (SSSR count). The molecule has 1 fully saturated rings. The van der Waals surface area contributed by atoms with E-state index in [1.165, 1.54) is 18.5 Å². The summed E-state index contributed by atoms with van der Waals surface area (Å²) in [6, 6.07) is 3.62. The summed E-state index contributed by atoms with van der Waals surface area (Å²) in [6.07, 6.45) is 3.70. The number of anilines is 1. The number of hydrogen-bond donors (Lipinski definition) is 4. The Kier molecular flexibility index (Phi) is 7.27. The fraction of sp³-hybridized carbons (Fsp3) is 0.429. The Morgan fingerprint density at radius 2 is 1.87 bits per heavy atom. The van der Waals surface area contributed by atoms with Crippen LogP contribution in [0, 0.1) is 11.7 Å². The molecule has 0 saturated heterocycles. The monoisotopic (exact) mass is 449 g/mol. The van der Waals surface area contributed by atoms with Gasteiger partial charge < -0.3 is 20.9 Å². The van der Waals surface area contributed by atoms with E-state index in [9.17, 15) is 18.8 Å². The van der Waals surface area contributed by atoms with Crippen molar-refractivity contribution in [1.82, 2.24) is 20.6 Å². The van der Waals surface area contributed by atoms with E-state index in [0.717, 1.165) is 6.07 Å². The lowest BCUT2D eigenvalue weighted by atomic mass is 9.85. The lowest BCUT2D eigenvalue weighted by Gasteiger charge is -2.28. The Morgan fingerprint density at radius 3 is 2.52 bits per heavy atom. The van der Waals surface area contributed by atoms with Gasteiger partial charge in [0.05, 0.1) is 17.0 Å². The number of halogens is 2. The lowest BCUT2D eigenvalue weighted by molar-refractivity contribution is -0.120. The second-order valence-electron chi connectivity index (χ2n) is 7.89. The standard InChI is InChI=1S/C21H25ClFN5O3/c1-11(2)26-20(30)17-18(25-10-24-17)21(31)27-14-6-3-12(4-7-14)19(29)28-16-8-5-13(23)9-15(16)22/h5,8-12,14H,3-4,6-7H2,1-2H3,(H,24,25)(H,26,30)(H,27,31)(H,28,29). The molecule has 10 heteroatoms. The van der Waals surface area contributed by atoms with Gasteiger partial charge >= 0.3 is 0 Å². The highest BCUT2D eigenvalue weighted by Crippen LogP contribution is 2.28. The average Bonchev–Trinajstić information content (AvgIpc) is 3.20. The number of H-pyrrole nitrogens is 1. The summed E-state index contributed by atoms with van der Waals surface area (Å²) in [4.78, 5) is 44.0. The van der Waals surface area contributed by atoms with E-state index in [0.29, 0.717) is 31.4 Å². The van der Waals surface area contributed by atoms with Crippen LogP contribution >= 0.6 is 11.6 Å². The van der Waals surface area contributed by atoms with Crippen LogP contribution in [-0.2, 0) is 4.79 Å². The zero-order valence-electron chi connectivity index (χ0n) is 17.3. The molecule has 1 aromatic carbocycles. The first-order valence-electron chi connectivity index (χ1n) is 10.2. The average molecular weight is 450 g/mol. The van der Waals surface area contributed by atoms with Gasteiger partial charge in [-0.2, -0.15) is 0 Å². The molecule has 1 saturated carbocycles. The Morgan fingerprint density at radius 1 is 1.16 bits per heavy atom. The smallest absolute Gasteiger partial charge is 0.272 e. The Labute approximate surface area is 184 Å². The molecule has 0 atom stereocenters. The number of carbonyl (C=O) groups excluding carboxylic acids is 3. The van der Waals surface area contributed by atoms with E-state index in [-0.39, 0.29) is 40.3 Å². The molecular formula is C21H25ClFN5O3. The Bertz CT molecular complexity index is 970. The third-order valence-corrected chi connectivity index (χ3v) is 5.44. The number of hydrogen-bond acceptors (Lipinski definition) is 4. The van der Waals surface area contributed by atoms with Crippen molar-refractivity contribution >= 4 is 35.0 Å². The van der Waals surface area contributed by atoms with Gasteiger partial charge in [0, 0.05) is 18.0 Å². The Hall–Kier alpha value is -2.94. The second kappa shape index (κ2) is 9.91. The van der Waals surface area contributed by atoms with Gasteiger partial charge in [0.2, 0.25) is 5.91 Å². The summed E-state index contributed by atoms with van der Waals surface area (Å²) in [5.41, 5.74) is 0.536. The molecule has 1 aliphatic rings. The number of nitrogens with one attached hydrogen (secondary N) is 4. The number of benzene rings is 1. The molecule has 8 nitrogen and oxygen atoms in total. The second-order valence-corrected chi connectivity index (χ2v) is 8.30. The normalized spacial score (nSPS) is 18.5. The van der Waals surface area contributed by atoms with E-state index in [4.69, 9.17) is 11.6 Å². The number of amides is 3. The summed E-state index contributed by atoms with van der Waals surface area (Å²) in [5.74, 6) is -1.70. The van der Waals surface area contributed by atoms with Crippen LogP contribution in [0.15, 0.2) is 24.5 Å². The molecule has 0 spiro atoms. The van der Waals surface area contributed by atoms with Crippen LogP contribution < -0.4 is 16.0 Å². The van der Waals surface area contributed by atoms with Crippen molar-refractivity contribution in [2.24, 2.45) is 5.92 Å². The van der Waals surface area contributed by atoms with Crippen molar-refractivity contribution in [3.05, 3.63) is 46.8 Å². The van der Waals surface area contributed by atoms with Gasteiger partial charge in [0.1, 0.15) is 11.5 Å². The van der Waals surface area contributed by atoms with Crippen LogP contribution in [0.25, 0.3) is 0 Å².